The molecule has 0 saturated carbocycles. The van der Waals surface area contributed by atoms with E-state index in [1.54, 1.807) is 9.80 Å². The molecule has 0 spiro atoms. The fourth-order valence-electron chi connectivity index (χ4n) is 6.58. The predicted octanol–water partition coefficient (Wildman–Crippen LogP) is 9.39. The minimum atomic E-state index is -0.651. The van der Waals surface area contributed by atoms with E-state index in [1.807, 2.05) is 0 Å². The van der Waals surface area contributed by atoms with E-state index in [0.29, 0.717) is 37.6 Å². The lowest BCUT2D eigenvalue weighted by Crippen LogP contribution is -2.45. The molecule has 2 fully saturated rings. The van der Waals surface area contributed by atoms with E-state index in [9.17, 15) is 36.7 Å². The Balaban J connectivity index is 0.000000221. The Morgan fingerprint density at radius 1 is 0.603 bits per heavy atom. The first-order valence-corrected chi connectivity index (χ1v) is 19.5. The number of Topliss-reactive ketones (excluding diaryl/α,β-unsaturated/α-hetero) is 1. The van der Waals surface area contributed by atoms with Gasteiger partial charge in [0.2, 0.25) is 0 Å². The van der Waals surface area contributed by atoms with E-state index in [4.69, 9.17) is 28.9 Å². The van der Waals surface area contributed by atoms with Gasteiger partial charge in [-0.3, -0.25) is 14.6 Å². The Bertz CT molecular complexity index is 1980. The van der Waals surface area contributed by atoms with Crippen LogP contribution in [0.1, 0.15) is 70.4 Å². The smallest absolute Gasteiger partial charge is 0.337 e. The lowest BCUT2D eigenvalue weighted by molar-refractivity contribution is 0.0600. The van der Waals surface area contributed by atoms with Crippen molar-refractivity contribution in [2.45, 2.75) is 51.6 Å². The molecule has 0 aliphatic carbocycles. The number of halogens is 6. The molecule has 2 aliphatic rings. The molecule has 2 aliphatic heterocycles. The Morgan fingerprint density at radius 3 is 1.40 bits per heavy atom. The second-order valence-corrected chi connectivity index (χ2v) is 14.6. The van der Waals surface area contributed by atoms with Gasteiger partial charge in [0, 0.05) is 54.2 Å². The number of esters is 1. The lowest BCUT2D eigenvalue weighted by Gasteiger charge is -2.33. The van der Waals surface area contributed by atoms with Crippen molar-refractivity contribution in [2.75, 3.05) is 49.6 Å². The molecule has 0 bridgehead atoms. The molecular formula is C42H43Cl2F4N5O5. The zero-order valence-electron chi connectivity index (χ0n) is 31.8. The molecule has 6 rings (SSSR count). The number of carbonyl (C=O) groups excluding carboxylic acids is 4. The van der Waals surface area contributed by atoms with Gasteiger partial charge in [0.1, 0.15) is 23.3 Å². The van der Waals surface area contributed by atoms with Gasteiger partial charge in [-0.25, -0.2) is 31.9 Å². The number of anilines is 2. The van der Waals surface area contributed by atoms with Crippen LogP contribution in [0.25, 0.3) is 0 Å². The molecule has 4 aromatic rings. The summed E-state index contributed by atoms with van der Waals surface area (Å²) < 4.78 is 61.1. The highest BCUT2D eigenvalue weighted by Gasteiger charge is 2.27. The van der Waals surface area contributed by atoms with Crippen LogP contribution in [0, 0.1) is 23.3 Å². The summed E-state index contributed by atoms with van der Waals surface area (Å²) in [7, 11) is 1.21. The van der Waals surface area contributed by atoms with Gasteiger partial charge in [0.15, 0.2) is 5.78 Å². The summed E-state index contributed by atoms with van der Waals surface area (Å²) in [5.41, 5.74) is 6.75. The van der Waals surface area contributed by atoms with Crippen molar-refractivity contribution in [2.24, 2.45) is 5.73 Å². The monoisotopic (exact) mass is 843 g/mol. The third kappa shape index (κ3) is 11.1. The minimum absolute atomic E-state index is 0.0764. The summed E-state index contributed by atoms with van der Waals surface area (Å²) >= 11 is 11.8. The summed E-state index contributed by atoms with van der Waals surface area (Å²) in [6.45, 7) is 2.03. The van der Waals surface area contributed by atoms with Crippen LogP contribution in [-0.4, -0.2) is 73.4 Å². The number of ketones is 1. The van der Waals surface area contributed by atoms with Gasteiger partial charge in [-0.15, -0.1) is 0 Å². The Morgan fingerprint density at radius 2 is 1.02 bits per heavy atom. The van der Waals surface area contributed by atoms with Crippen LogP contribution in [0.15, 0.2) is 72.8 Å². The van der Waals surface area contributed by atoms with E-state index in [1.165, 1.54) is 77.6 Å². The fourth-order valence-corrected chi connectivity index (χ4v) is 6.93. The summed E-state index contributed by atoms with van der Waals surface area (Å²) in [6.07, 6.45) is 5.69. The number of benzene rings is 4. The molecule has 4 amide bonds. The van der Waals surface area contributed by atoms with Crippen molar-refractivity contribution in [1.29, 1.82) is 0 Å². The quantitative estimate of drug-likeness (QED) is 0.102. The van der Waals surface area contributed by atoms with E-state index in [2.05, 4.69) is 4.74 Å². The third-order valence-corrected chi connectivity index (χ3v) is 10.4. The number of piperidine rings is 2. The first-order valence-electron chi connectivity index (χ1n) is 18.7. The number of hydrogen-bond acceptors (Lipinski definition) is 6. The number of urea groups is 2. The molecule has 10 nitrogen and oxygen atoms in total. The van der Waals surface area contributed by atoms with Gasteiger partial charge in [-0.05, 0) is 93.1 Å². The molecule has 4 aromatic carbocycles. The number of likely N-dealkylation sites (tertiary alicyclic amines) is 2. The number of carbonyl (C=O) groups is 4. The van der Waals surface area contributed by atoms with Crippen molar-refractivity contribution in [3.8, 4) is 0 Å². The largest absolute Gasteiger partial charge is 0.465 e. The summed E-state index contributed by atoms with van der Waals surface area (Å²) in [5.74, 6) is -3.48. The molecule has 2 N–H and O–H groups in total. The zero-order chi connectivity index (χ0) is 41.9. The normalized spacial score (nSPS) is 13.9. The molecule has 16 heteroatoms. The van der Waals surface area contributed by atoms with Gasteiger partial charge in [0.05, 0.1) is 42.4 Å². The average Bonchev–Trinajstić information content (AvgIpc) is 3.24. The van der Waals surface area contributed by atoms with Crippen LogP contribution < -0.4 is 15.5 Å². The number of nitrogens with zero attached hydrogens (tertiary/aromatic N) is 4. The maximum absolute atomic E-state index is 14.6. The Labute approximate surface area is 344 Å². The molecule has 0 aromatic heterocycles. The second-order valence-electron chi connectivity index (χ2n) is 13.8. The number of rotatable bonds is 9. The SMILES string of the molecule is COC(=O)c1ccc(CN(C(=O)N2CCCCC2)c2ccc(F)c(Cl)c2)c(F)c1.NCC(=O)c1ccc(CN(C(=O)N2CCCCC2)c2ccc(F)c(Cl)c2)c(F)c1. The highest BCUT2D eigenvalue weighted by atomic mass is 35.5. The first-order chi connectivity index (χ1) is 27.8. The van der Waals surface area contributed by atoms with Crippen molar-refractivity contribution in [3.63, 3.8) is 0 Å². The van der Waals surface area contributed by atoms with Crippen LogP contribution in [0.3, 0.4) is 0 Å². The Hall–Kier alpha value is -5.18. The van der Waals surface area contributed by atoms with Crippen LogP contribution >= 0.6 is 23.2 Å². The van der Waals surface area contributed by atoms with Gasteiger partial charge in [-0.2, -0.15) is 0 Å². The first kappa shape index (κ1) is 43.9. The van der Waals surface area contributed by atoms with E-state index in [-0.39, 0.29) is 69.8 Å². The van der Waals surface area contributed by atoms with Crippen molar-refractivity contribution in [1.82, 2.24) is 9.80 Å². The van der Waals surface area contributed by atoms with Crippen molar-refractivity contribution < 1.29 is 41.5 Å². The standard InChI is InChI=1S/C21H22ClF2N3O2.C21H21ClF2N2O3/c22-17-11-16(6-7-18(17)23)27(21(29)26-8-2-1-3-9-26)13-15-5-4-14(10-19(15)24)20(28)12-25;1-29-20(27)14-5-6-15(19(24)11-14)13-26(16-7-8-18(23)17(22)12-16)21(28)25-9-3-2-4-10-25/h4-7,10-11H,1-3,8-9,12-13,25H2;5-8,11-12H,2-4,9-10,13H2,1H3. The molecule has 2 heterocycles. The summed E-state index contributed by atoms with van der Waals surface area (Å²) in [4.78, 5) is 55.7. The molecular weight excluding hydrogens is 801 g/mol. The highest BCUT2D eigenvalue weighted by Crippen LogP contribution is 2.29. The minimum Gasteiger partial charge on any atom is -0.465 e. The predicted molar refractivity (Wildman–Crippen MR) is 214 cm³/mol. The lowest BCUT2D eigenvalue weighted by atomic mass is 10.1. The number of methoxy groups -OCH3 is 1. The van der Waals surface area contributed by atoms with E-state index >= 15 is 0 Å². The van der Waals surface area contributed by atoms with Crippen molar-refractivity contribution in [3.05, 3.63) is 128 Å². The van der Waals surface area contributed by atoms with Crippen LogP contribution in [0.5, 0.6) is 0 Å². The van der Waals surface area contributed by atoms with Crippen LogP contribution in [0.2, 0.25) is 10.0 Å². The topological polar surface area (TPSA) is 116 Å². The maximum atomic E-state index is 14.6. The molecule has 58 heavy (non-hydrogen) atoms. The van der Waals surface area contributed by atoms with Gasteiger partial charge < -0.3 is 20.3 Å². The van der Waals surface area contributed by atoms with E-state index < -0.39 is 29.2 Å². The number of nitrogens with two attached hydrogens (primary N) is 1. The number of amides is 4. The Kier molecular flexibility index (Phi) is 15.5. The number of ether oxygens (including phenoxy) is 1. The van der Waals surface area contributed by atoms with Gasteiger partial charge in [0.25, 0.3) is 0 Å². The fraction of sp³-hybridized carbons (Fsp3) is 0.333. The molecule has 0 atom stereocenters. The maximum Gasteiger partial charge on any atom is 0.337 e. The number of hydrogen-bond donors (Lipinski definition) is 1. The zero-order valence-corrected chi connectivity index (χ0v) is 33.3. The third-order valence-electron chi connectivity index (χ3n) is 9.84. The van der Waals surface area contributed by atoms with Crippen LogP contribution in [-0.2, 0) is 17.8 Å². The average molecular weight is 845 g/mol. The molecule has 2 saturated heterocycles. The summed E-state index contributed by atoms with van der Waals surface area (Å²) in [6, 6.07) is 15.3. The molecule has 0 radical (unpaired) electrons. The highest BCUT2D eigenvalue weighted by molar-refractivity contribution is 6.31. The second kappa shape index (κ2) is 20.5. The summed E-state index contributed by atoms with van der Waals surface area (Å²) in [5, 5.41) is -0.247. The van der Waals surface area contributed by atoms with Gasteiger partial charge in [-0.1, -0.05) is 41.4 Å². The van der Waals surface area contributed by atoms with Crippen LogP contribution in [0.4, 0.5) is 38.5 Å². The molecule has 0 unspecified atom stereocenters. The molecule has 308 valence electrons. The van der Waals surface area contributed by atoms with E-state index in [0.717, 1.165) is 50.7 Å². The van der Waals surface area contributed by atoms with Gasteiger partial charge >= 0.3 is 18.0 Å². The van der Waals surface area contributed by atoms with Crippen molar-refractivity contribution >= 4 is 58.4 Å².